The Kier molecular flexibility index (Phi) is 3.82. The van der Waals surface area contributed by atoms with Crippen molar-refractivity contribution in [3.05, 3.63) is 21.8 Å². The first-order valence-corrected chi connectivity index (χ1v) is 5.02. The van der Waals surface area contributed by atoms with Gasteiger partial charge in [-0.05, 0) is 20.3 Å². The van der Waals surface area contributed by atoms with Crippen molar-refractivity contribution in [2.24, 2.45) is 5.92 Å². The highest BCUT2D eigenvalue weighted by Gasteiger charge is 2.39. The van der Waals surface area contributed by atoms with Crippen molar-refractivity contribution in [1.29, 1.82) is 0 Å². The van der Waals surface area contributed by atoms with Crippen LogP contribution in [-0.2, 0) is 9.53 Å². The van der Waals surface area contributed by atoms with Crippen LogP contribution >= 0.6 is 0 Å². The Hall–Kier alpha value is -1.39. The van der Waals surface area contributed by atoms with Crippen LogP contribution in [0.5, 0.6) is 0 Å². The summed E-state index contributed by atoms with van der Waals surface area (Å²) < 4.78 is 4.84. The highest BCUT2D eigenvalue weighted by Crippen LogP contribution is 2.27. The van der Waals surface area contributed by atoms with Crippen molar-refractivity contribution in [3.63, 3.8) is 0 Å². The average molecular weight is 213 g/mol. The van der Waals surface area contributed by atoms with Crippen molar-refractivity contribution < 1.29 is 14.5 Å². The van der Waals surface area contributed by atoms with Gasteiger partial charge in [-0.25, -0.2) is 0 Å². The zero-order valence-corrected chi connectivity index (χ0v) is 8.93. The lowest BCUT2D eigenvalue weighted by molar-refractivity contribution is -0.529. The van der Waals surface area contributed by atoms with E-state index in [2.05, 4.69) is 0 Å². The normalized spacial score (nSPS) is 25.6. The molecule has 0 aliphatic heterocycles. The predicted octanol–water partition coefficient (Wildman–Crippen LogP) is 1.55. The first-order valence-electron chi connectivity index (χ1n) is 5.02. The number of rotatable bonds is 3. The van der Waals surface area contributed by atoms with Gasteiger partial charge < -0.3 is 4.74 Å². The molecule has 0 N–H and O–H groups in total. The number of nitrogens with zero attached hydrogens (tertiary/aromatic N) is 1. The first-order chi connectivity index (χ1) is 7.06. The van der Waals surface area contributed by atoms with Crippen LogP contribution in [0.1, 0.15) is 26.7 Å². The van der Waals surface area contributed by atoms with Gasteiger partial charge in [-0.15, -0.1) is 0 Å². The molecular formula is C10H15NO4. The van der Waals surface area contributed by atoms with Crippen LogP contribution in [0.2, 0.25) is 0 Å². The van der Waals surface area contributed by atoms with Crippen LogP contribution in [0.3, 0.4) is 0 Å². The van der Waals surface area contributed by atoms with Gasteiger partial charge in [0, 0.05) is 11.3 Å². The van der Waals surface area contributed by atoms with Gasteiger partial charge in [-0.2, -0.15) is 0 Å². The lowest BCUT2D eigenvalue weighted by Crippen LogP contribution is -2.37. The highest BCUT2D eigenvalue weighted by atomic mass is 16.6. The summed E-state index contributed by atoms with van der Waals surface area (Å²) in [6, 6.07) is -0.826. The molecule has 0 saturated carbocycles. The van der Waals surface area contributed by atoms with E-state index in [0.29, 0.717) is 12.8 Å². The number of hydrogen-bond donors (Lipinski definition) is 0. The molecule has 0 saturated heterocycles. The largest absolute Gasteiger partial charge is 0.466 e. The summed E-state index contributed by atoms with van der Waals surface area (Å²) in [7, 11) is 0. The zero-order chi connectivity index (χ0) is 11.4. The fraction of sp³-hybridized carbons (Fsp3) is 0.700. The summed E-state index contributed by atoms with van der Waals surface area (Å²) in [5.41, 5.74) is 1.02. The van der Waals surface area contributed by atoms with Crippen molar-refractivity contribution >= 4 is 5.97 Å². The van der Waals surface area contributed by atoms with E-state index in [9.17, 15) is 14.9 Å². The number of hydrogen-bond acceptors (Lipinski definition) is 4. The number of ether oxygens (including phenoxy) is 1. The van der Waals surface area contributed by atoms with E-state index < -0.39 is 17.9 Å². The third-order valence-electron chi connectivity index (χ3n) is 2.57. The molecule has 1 aliphatic carbocycles. The molecule has 15 heavy (non-hydrogen) atoms. The molecule has 5 nitrogen and oxygen atoms in total. The van der Waals surface area contributed by atoms with Crippen molar-refractivity contribution in [2.45, 2.75) is 32.7 Å². The minimum Gasteiger partial charge on any atom is -0.466 e. The lowest BCUT2D eigenvalue weighted by Gasteiger charge is -2.22. The van der Waals surface area contributed by atoms with Gasteiger partial charge >= 0.3 is 5.97 Å². The molecule has 5 heteroatoms. The second-order valence-corrected chi connectivity index (χ2v) is 3.70. The molecule has 0 aromatic heterocycles. The van der Waals surface area contributed by atoms with Crippen molar-refractivity contribution in [2.75, 3.05) is 6.61 Å². The van der Waals surface area contributed by atoms with Crippen LogP contribution < -0.4 is 0 Å². The van der Waals surface area contributed by atoms with E-state index in [1.165, 1.54) is 0 Å². The maximum Gasteiger partial charge on any atom is 0.316 e. The van der Waals surface area contributed by atoms with Gasteiger partial charge in [-0.1, -0.05) is 11.6 Å². The molecule has 0 aromatic carbocycles. The predicted molar refractivity (Wildman–Crippen MR) is 53.9 cm³/mol. The molecule has 0 spiro atoms. The zero-order valence-electron chi connectivity index (χ0n) is 8.93. The fourth-order valence-corrected chi connectivity index (χ4v) is 1.78. The number of carbonyl (C=O) groups is 1. The second-order valence-electron chi connectivity index (χ2n) is 3.70. The Morgan fingerprint density at radius 2 is 2.40 bits per heavy atom. The summed E-state index contributed by atoms with van der Waals surface area (Å²) in [5, 5.41) is 10.7. The standard InChI is InChI=1S/C10H15NO4/c1-3-15-10(12)8-6-7(2)4-5-9(8)11(13)14/h4,8-9H,3,5-6H2,1-2H3. The summed E-state index contributed by atoms with van der Waals surface area (Å²) in [6.07, 6.45) is 2.58. The number of allylic oxidation sites excluding steroid dienone is 1. The van der Waals surface area contributed by atoms with Crippen molar-refractivity contribution in [3.8, 4) is 0 Å². The molecule has 2 unspecified atom stereocenters. The molecule has 0 fully saturated rings. The quantitative estimate of drug-likeness (QED) is 0.308. The maximum atomic E-state index is 11.5. The van der Waals surface area contributed by atoms with Crippen molar-refractivity contribution in [1.82, 2.24) is 0 Å². The topological polar surface area (TPSA) is 69.4 Å². The Morgan fingerprint density at radius 1 is 1.73 bits per heavy atom. The van der Waals surface area contributed by atoms with E-state index in [4.69, 9.17) is 4.74 Å². The molecule has 84 valence electrons. The Labute approximate surface area is 88.3 Å². The lowest BCUT2D eigenvalue weighted by atomic mass is 9.85. The van der Waals surface area contributed by atoms with Gasteiger partial charge in [0.2, 0.25) is 6.04 Å². The first kappa shape index (κ1) is 11.7. The molecule has 0 bridgehead atoms. The van der Waals surface area contributed by atoms with Crippen LogP contribution in [0, 0.1) is 16.0 Å². The molecule has 2 atom stereocenters. The molecule has 0 amide bonds. The third kappa shape index (κ3) is 2.78. The van der Waals surface area contributed by atoms with E-state index in [0.717, 1.165) is 5.57 Å². The van der Waals surface area contributed by atoms with Gasteiger partial charge in [0.25, 0.3) is 0 Å². The minimum absolute atomic E-state index is 0.266. The number of nitro groups is 1. The highest BCUT2D eigenvalue weighted by molar-refractivity contribution is 5.73. The summed E-state index contributed by atoms with van der Waals surface area (Å²) >= 11 is 0. The second kappa shape index (κ2) is 4.91. The molecule has 1 rings (SSSR count). The van der Waals surface area contributed by atoms with E-state index in [1.807, 2.05) is 13.0 Å². The van der Waals surface area contributed by atoms with Crippen LogP contribution in [-0.4, -0.2) is 23.5 Å². The molecule has 0 heterocycles. The fourth-order valence-electron chi connectivity index (χ4n) is 1.78. The maximum absolute atomic E-state index is 11.5. The molecular weight excluding hydrogens is 198 g/mol. The summed E-state index contributed by atoms with van der Waals surface area (Å²) in [6.45, 7) is 3.84. The Morgan fingerprint density at radius 3 is 2.93 bits per heavy atom. The monoisotopic (exact) mass is 213 g/mol. The van der Waals surface area contributed by atoms with Gasteiger partial charge in [0.05, 0.1) is 6.61 Å². The molecule has 0 radical (unpaired) electrons. The third-order valence-corrected chi connectivity index (χ3v) is 2.57. The van der Waals surface area contributed by atoms with Gasteiger partial charge in [-0.3, -0.25) is 14.9 Å². The average Bonchev–Trinajstić information content (AvgIpc) is 2.17. The SMILES string of the molecule is CCOC(=O)C1CC(C)=CCC1[N+](=O)[O-]. The Bertz CT molecular complexity index is 298. The number of carbonyl (C=O) groups excluding carboxylic acids is 1. The van der Waals surface area contributed by atoms with Gasteiger partial charge in [0.1, 0.15) is 5.92 Å². The number of esters is 1. The van der Waals surface area contributed by atoms with Crippen LogP contribution in [0.4, 0.5) is 0 Å². The molecule has 1 aliphatic rings. The minimum atomic E-state index is -0.826. The van der Waals surface area contributed by atoms with Crippen LogP contribution in [0.15, 0.2) is 11.6 Å². The van der Waals surface area contributed by atoms with Crippen LogP contribution in [0.25, 0.3) is 0 Å². The van der Waals surface area contributed by atoms with E-state index in [1.54, 1.807) is 6.92 Å². The summed E-state index contributed by atoms with van der Waals surface area (Å²) in [5.74, 6) is -1.07. The Balaban J connectivity index is 2.78. The molecule has 0 aromatic rings. The van der Waals surface area contributed by atoms with Gasteiger partial charge in [0.15, 0.2) is 0 Å². The smallest absolute Gasteiger partial charge is 0.316 e. The van der Waals surface area contributed by atoms with E-state index in [-0.39, 0.29) is 11.5 Å². The summed E-state index contributed by atoms with van der Waals surface area (Å²) in [4.78, 5) is 21.9. The van der Waals surface area contributed by atoms with E-state index >= 15 is 0 Å².